The van der Waals surface area contributed by atoms with Gasteiger partial charge in [-0.3, -0.25) is 14.4 Å². The lowest BCUT2D eigenvalue weighted by Crippen LogP contribution is -2.51. The van der Waals surface area contributed by atoms with Gasteiger partial charge in [-0.25, -0.2) is 0 Å². The Morgan fingerprint density at radius 3 is 2.36 bits per heavy atom. The highest BCUT2D eigenvalue weighted by Crippen LogP contribution is 2.36. The van der Waals surface area contributed by atoms with Crippen molar-refractivity contribution in [3.05, 3.63) is 34.9 Å². The molecule has 1 atom stereocenters. The van der Waals surface area contributed by atoms with Crippen molar-refractivity contribution in [1.82, 2.24) is 9.80 Å². The van der Waals surface area contributed by atoms with Gasteiger partial charge in [0.1, 0.15) is 0 Å². The van der Waals surface area contributed by atoms with Crippen molar-refractivity contribution in [2.75, 3.05) is 26.2 Å². The first-order chi connectivity index (χ1) is 10.5. The summed E-state index contributed by atoms with van der Waals surface area (Å²) >= 11 is 0. The molecule has 1 aromatic carbocycles. The molecule has 1 fully saturated rings. The average molecular weight is 300 g/mol. The zero-order chi connectivity index (χ0) is 15.9. The third-order valence-electron chi connectivity index (χ3n) is 4.70. The molecule has 0 spiro atoms. The van der Waals surface area contributed by atoms with Crippen LogP contribution in [0.4, 0.5) is 0 Å². The number of carbonyl (C=O) groups excluding carboxylic acids is 3. The molecule has 2 aliphatic rings. The smallest absolute Gasteiger partial charge is 0.230 e. The maximum absolute atomic E-state index is 12.8. The fourth-order valence-electron chi connectivity index (χ4n) is 3.46. The van der Waals surface area contributed by atoms with E-state index >= 15 is 0 Å². The first kappa shape index (κ1) is 14.8. The van der Waals surface area contributed by atoms with Crippen LogP contribution >= 0.6 is 0 Å². The normalized spacial score (nSPS) is 21.0. The van der Waals surface area contributed by atoms with E-state index in [1.54, 1.807) is 16.7 Å². The number of hydrogen-bond donors (Lipinski definition) is 0. The standard InChI is InChI=1S/C17H20N2O3/c1-11-4-3-5-13-15(21)10-14(16(11)13)17(22)19-8-6-18(7-9-19)12(2)20/h3-5,14H,6-10H2,1-2H3. The first-order valence-electron chi connectivity index (χ1n) is 7.66. The first-order valence-corrected chi connectivity index (χ1v) is 7.66. The van der Waals surface area contributed by atoms with Crippen LogP contribution in [0.1, 0.15) is 40.7 Å². The quantitative estimate of drug-likeness (QED) is 0.787. The summed E-state index contributed by atoms with van der Waals surface area (Å²) in [6.45, 7) is 5.73. The molecular weight excluding hydrogens is 280 g/mol. The van der Waals surface area contributed by atoms with Crippen molar-refractivity contribution in [2.45, 2.75) is 26.2 Å². The average Bonchev–Trinajstić information content (AvgIpc) is 2.85. The van der Waals surface area contributed by atoms with Gasteiger partial charge in [0.2, 0.25) is 11.8 Å². The van der Waals surface area contributed by atoms with E-state index in [0.29, 0.717) is 31.7 Å². The number of fused-ring (bicyclic) bond motifs is 1. The number of carbonyl (C=O) groups is 3. The van der Waals surface area contributed by atoms with Gasteiger partial charge in [-0.15, -0.1) is 0 Å². The van der Waals surface area contributed by atoms with Gasteiger partial charge in [0.25, 0.3) is 0 Å². The van der Waals surface area contributed by atoms with Gasteiger partial charge in [0.05, 0.1) is 5.92 Å². The number of piperazine rings is 1. The molecule has 0 N–H and O–H groups in total. The van der Waals surface area contributed by atoms with Crippen LogP contribution in [0.2, 0.25) is 0 Å². The molecule has 0 saturated carbocycles. The maximum atomic E-state index is 12.8. The zero-order valence-corrected chi connectivity index (χ0v) is 13.0. The lowest BCUT2D eigenvalue weighted by molar-refractivity contribution is -0.139. The molecule has 22 heavy (non-hydrogen) atoms. The van der Waals surface area contributed by atoms with E-state index in [4.69, 9.17) is 0 Å². The van der Waals surface area contributed by atoms with E-state index in [9.17, 15) is 14.4 Å². The topological polar surface area (TPSA) is 57.7 Å². The van der Waals surface area contributed by atoms with E-state index in [0.717, 1.165) is 11.1 Å². The number of aryl methyl sites for hydroxylation is 1. The predicted octanol–water partition coefficient (Wildman–Crippen LogP) is 1.36. The second kappa shape index (κ2) is 5.55. The number of Topliss-reactive ketones (excluding diaryl/α,β-unsaturated/α-hetero) is 1. The molecule has 1 heterocycles. The van der Waals surface area contributed by atoms with Gasteiger partial charge in [0.15, 0.2) is 5.78 Å². The summed E-state index contributed by atoms with van der Waals surface area (Å²) in [7, 11) is 0. The Morgan fingerprint density at radius 2 is 1.73 bits per heavy atom. The third kappa shape index (κ3) is 2.40. The van der Waals surface area contributed by atoms with Crippen molar-refractivity contribution in [1.29, 1.82) is 0 Å². The Balaban J connectivity index is 1.78. The van der Waals surface area contributed by atoms with Gasteiger partial charge in [0, 0.05) is 45.1 Å². The second-order valence-corrected chi connectivity index (χ2v) is 6.05. The lowest BCUT2D eigenvalue weighted by atomic mass is 9.95. The number of benzene rings is 1. The van der Waals surface area contributed by atoms with Crippen molar-refractivity contribution >= 4 is 17.6 Å². The van der Waals surface area contributed by atoms with Crippen LogP contribution in [0.5, 0.6) is 0 Å². The van der Waals surface area contributed by atoms with Crippen LogP contribution in [0, 0.1) is 6.92 Å². The summed E-state index contributed by atoms with van der Waals surface area (Å²) in [5.41, 5.74) is 2.59. The van der Waals surface area contributed by atoms with Crippen LogP contribution in [-0.4, -0.2) is 53.6 Å². The van der Waals surface area contributed by atoms with Crippen molar-refractivity contribution in [2.24, 2.45) is 0 Å². The molecule has 1 aliphatic heterocycles. The lowest BCUT2D eigenvalue weighted by Gasteiger charge is -2.35. The summed E-state index contributed by atoms with van der Waals surface area (Å²) in [5, 5.41) is 0. The molecule has 1 unspecified atom stereocenters. The molecule has 5 nitrogen and oxygen atoms in total. The summed E-state index contributed by atoms with van der Waals surface area (Å²) in [6.07, 6.45) is 0.270. The van der Waals surface area contributed by atoms with Gasteiger partial charge in [-0.2, -0.15) is 0 Å². The molecule has 5 heteroatoms. The molecule has 0 radical (unpaired) electrons. The van der Waals surface area contributed by atoms with E-state index in [-0.39, 0.29) is 29.9 Å². The highest BCUT2D eigenvalue weighted by Gasteiger charge is 2.38. The number of hydrogen-bond acceptors (Lipinski definition) is 3. The minimum atomic E-state index is -0.354. The Kier molecular flexibility index (Phi) is 3.72. The van der Waals surface area contributed by atoms with Crippen molar-refractivity contribution < 1.29 is 14.4 Å². The summed E-state index contributed by atoms with van der Waals surface area (Å²) < 4.78 is 0. The van der Waals surface area contributed by atoms with E-state index in [1.165, 1.54) is 0 Å². The van der Waals surface area contributed by atoms with Crippen LogP contribution < -0.4 is 0 Å². The minimum Gasteiger partial charge on any atom is -0.339 e. The molecule has 3 rings (SSSR count). The van der Waals surface area contributed by atoms with Gasteiger partial charge in [-0.05, 0) is 18.1 Å². The minimum absolute atomic E-state index is 0.0182. The largest absolute Gasteiger partial charge is 0.339 e. The van der Waals surface area contributed by atoms with Crippen LogP contribution in [0.25, 0.3) is 0 Å². The number of nitrogens with zero attached hydrogens (tertiary/aromatic N) is 2. The van der Waals surface area contributed by atoms with Gasteiger partial charge in [-0.1, -0.05) is 18.2 Å². The summed E-state index contributed by atoms with van der Waals surface area (Å²) in [6, 6.07) is 5.63. The fraction of sp³-hybridized carbons (Fsp3) is 0.471. The molecule has 1 aliphatic carbocycles. The summed E-state index contributed by atoms with van der Waals surface area (Å²) in [4.78, 5) is 39.8. The molecule has 0 bridgehead atoms. The van der Waals surface area contributed by atoms with E-state index < -0.39 is 0 Å². The Morgan fingerprint density at radius 1 is 1.09 bits per heavy atom. The summed E-state index contributed by atoms with van der Waals surface area (Å²) in [5.74, 6) is -0.235. The zero-order valence-electron chi connectivity index (χ0n) is 13.0. The highest BCUT2D eigenvalue weighted by molar-refractivity contribution is 6.07. The molecule has 0 aromatic heterocycles. The molecule has 1 aromatic rings. The van der Waals surface area contributed by atoms with Crippen molar-refractivity contribution in [3.8, 4) is 0 Å². The van der Waals surface area contributed by atoms with Gasteiger partial charge >= 0.3 is 0 Å². The highest BCUT2D eigenvalue weighted by atomic mass is 16.2. The Bertz CT molecular complexity index is 645. The van der Waals surface area contributed by atoms with Crippen molar-refractivity contribution in [3.63, 3.8) is 0 Å². The monoisotopic (exact) mass is 300 g/mol. The molecule has 1 saturated heterocycles. The number of amides is 2. The number of ketones is 1. The predicted molar refractivity (Wildman–Crippen MR) is 81.7 cm³/mol. The van der Waals surface area contributed by atoms with E-state index in [2.05, 4.69) is 0 Å². The fourth-order valence-corrected chi connectivity index (χ4v) is 3.46. The third-order valence-corrected chi connectivity index (χ3v) is 4.70. The van der Waals surface area contributed by atoms with Crippen LogP contribution in [0.15, 0.2) is 18.2 Å². The molecular formula is C17H20N2O3. The Labute approximate surface area is 129 Å². The number of rotatable bonds is 1. The molecule has 2 amide bonds. The Hall–Kier alpha value is -2.17. The van der Waals surface area contributed by atoms with E-state index in [1.807, 2.05) is 25.1 Å². The SMILES string of the molecule is CC(=O)N1CCN(C(=O)C2CC(=O)c3cccc(C)c32)CC1. The second-order valence-electron chi connectivity index (χ2n) is 6.05. The van der Waals surface area contributed by atoms with Gasteiger partial charge < -0.3 is 9.80 Å². The van der Waals surface area contributed by atoms with Crippen LogP contribution in [-0.2, 0) is 9.59 Å². The maximum Gasteiger partial charge on any atom is 0.230 e. The molecule has 116 valence electrons. The van der Waals surface area contributed by atoms with Crippen LogP contribution in [0.3, 0.4) is 0 Å².